The zero-order valence-electron chi connectivity index (χ0n) is 13.9. The third-order valence-electron chi connectivity index (χ3n) is 5.34. The van der Waals surface area contributed by atoms with Gasteiger partial charge in [-0.25, -0.2) is 4.57 Å². The van der Waals surface area contributed by atoms with Crippen LogP contribution in [0.25, 0.3) is 5.57 Å². The Labute approximate surface area is 145 Å². The van der Waals surface area contributed by atoms with Gasteiger partial charge in [0.1, 0.15) is 7.05 Å². The number of anilines is 1. The van der Waals surface area contributed by atoms with Crippen LogP contribution in [0.2, 0.25) is 0 Å². The molecule has 0 unspecified atom stereocenters. The Hall–Kier alpha value is -3.02. The van der Waals surface area contributed by atoms with Gasteiger partial charge in [0.25, 0.3) is 5.69 Å². The van der Waals surface area contributed by atoms with Gasteiger partial charge in [-0.2, -0.15) is 0 Å². The Morgan fingerprint density at radius 3 is 2.76 bits per heavy atom. The van der Waals surface area contributed by atoms with Gasteiger partial charge in [0.05, 0.1) is 16.0 Å². The Bertz CT molecular complexity index is 945. The van der Waals surface area contributed by atoms with Crippen molar-refractivity contribution in [2.24, 2.45) is 7.05 Å². The van der Waals surface area contributed by atoms with Gasteiger partial charge in [0.15, 0.2) is 12.4 Å². The first kappa shape index (κ1) is 15.5. The van der Waals surface area contributed by atoms with E-state index in [1.165, 1.54) is 6.07 Å². The monoisotopic (exact) mass is 336 g/mol. The van der Waals surface area contributed by atoms with Gasteiger partial charge in [-0.05, 0) is 30.0 Å². The van der Waals surface area contributed by atoms with E-state index in [9.17, 15) is 14.9 Å². The Morgan fingerprint density at radius 2 is 2.16 bits per heavy atom. The molecule has 2 heterocycles. The molecule has 6 nitrogen and oxygen atoms in total. The molecule has 1 N–H and O–H groups in total. The van der Waals surface area contributed by atoms with E-state index in [0.717, 1.165) is 30.4 Å². The number of hydrogen-bond acceptors (Lipinski definition) is 3. The summed E-state index contributed by atoms with van der Waals surface area (Å²) in [4.78, 5) is 23.6. The summed E-state index contributed by atoms with van der Waals surface area (Å²) in [5.74, 6) is -0.0538. The molecule has 25 heavy (non-hydrogen) atoms. The summed E-state index contributed by atoms with van der Waals surface area (Å²) in [6.45, 7) is 4.14. The molecule has 0 bridgehead atoms. The van der Waals surface area contributed by atoms with Gasteiger partial charge < -0.3 is 5.32 Å². The Kier molecular flexibility index (Phi) is 3.25. The maximum absolute atomic E-state index is 12.6. The lowest BCUT2D eigenvalue weighted by Crippen LogP contribution is -2.40. The van der Waals surface area contributed by atoms with Crippen molar-refractivity contribution in [3.63, 3.8) is 0 Å². The number of aromatic nitrogens is 1. The molecule has 2 aliphatic rings. The summed E-state index contributed by atoms with van der Waals surface area (Å²) in [7, 11) is 1.90. The number of nitrogens with zero attached hydrogens (tertiary/aromatic N) is 2. The van der Waals surface area contributed by atoms with Gasteiger partial charge in [0.2, 0.25) is 5.91 Å². The lowest BCUT2D eigenvalue weighted by molar-refractivity contribution is -0.671. The van der Waals surface area contributed by atoms with Crippen molar-refractivity contribution in [2.45, 2.75) is 24.7 Å². The van der Waals surface area contributed by atoms with E-state index in [4.69, 9.17) is 0 Å². The zero-order valence-corrected chi connectivity index (χ0v) is 13.9. The summed E-state index contributed by atoms with van der Waals surface area (Å²) < 4.78 is 1.89. The maximum atomic E-state index is 12.6. The summed E-state index contributed by atoms with van der Waals surface area (Å²) in [6.07, 6.45) is 6.24. The largest absolute Gasteiger partial charge is 0.324 e. The van der Waals surface area contributed by atoms with E-state index in [-0.39, 0.29) is 11.6 Å². The molecule has 0 atom stereocenters. The van der Waals surface area contributed by atoms with E-state index in [2.05, 4.69) is 11.9 Å². The molecule has 1 amide bonds. The fourth-order valence-electron chi connectivity index (χ4n) is 3.79. The topological polar surface area (TPSA) is 76.1 Å². The number of aryl methyl sites for hydroxylation is 1. The second-order valence-electron chi connectivity index (χ2n) is 6.80. The number of nitro benzene ring substituents is 1. The van der Waals surface area contributed by atoms with Crippen LogP contribution in [0.15, 0.2) is 43.2 Å². The first-order chi connectivity index (χ1) is 11.9. The SMILES string of the molecule is C=C(c1ccc[n+](C)c1)c1cc([N+](=O)[O-])cc2c1NC(=O)C21CCC1. The van der Waals surface area contributed by atoms with Crippen molar-refractivity contribution < 1.29 is 14.3 Å². The van der Waals surface area contributed by atoms with Crippen molar-refractivity contribution in [3.8, 4) is 0 Å². The fraction of sp³-hybridized carbons (Fsp3) is 0.263. The third-order valence-corrected chi connectivity index (χ3v) is 5.34. The third kappa shape index (κ3) is 2.17. The number of rotatable bonds is 3. The number of nitrogens with one attached hydrogen (secondary N) is 1. The maximum Gasteiger partial charge on any atom is 0.270 e. The van der Waals surface area contributed by atoms with Crippen LogP contribution in [0.4, 0.5) is 11.4 Å². The number of carbonyl (C=O) groups is 1. The lowest BCUT2D eigenvalue weighted by atomic mass is 9.65. The molecule has 0 saturated heterocycles. The van der Waals surface area contributed by atoms with Crippen LogP contribution in [-0.4, -0.2) is 10.8 Å². The summed E-state index contributed by atoms with van der Waals surface area (Å²) >= 11 is 0. The minimum absolute atomic E-state index is 0.00187. The molecule has 1 aromatic heterocycles. The molecule has 6 heteroatoms. The van der Waals surface area contributed by atoms with E-state index < -0.39 is 10.3 Å². The standard InChI is InChI=1S/C19H17N3O3/c1-12(13-5-3-8-21(2)11-13)15-9-14(22(24)25)10-16-17(15)20-18(23)19(16)6-4-7-19/h3,5,8-11H,1,4,6-7H2,2H3/p+1. The van der Waals surface area contributed by atoms with E-state index in [1.54, 1.807) is 6.07 Å². The molecule has 1 spiro atoms. The average molecular weight is 336 g/mol. The van der Waals surface area contributed by atoms with Crippen LogP contribution in [-0.2, 0) is 17.3 Å². The van der Waals surface area contributed by atoms with Crippen molar-refractivity contribution in [3.05, 3.63) is 70.0 Å². The smallest absolute Gasteiger partial charge is 0.270 e. The zero-order chi connectivity index (χ0) is 17.8. The molecule has 1 fully saturated rings. The molecule has 1 aliphatic heterocycles. The minimum atomic E-state index is -0.599. The number of pyridine rings is 1. The molecule has 126 valence electrons. The first-order valence-corrected chi connectivity index (χ1v) is 8.22. The highest BCUT2D eigenvalue weighted by atomic mass is 16.6. The quantitative estimate of drug-likeness (QED) is 0.532. The predicted octanol–water partition coefficient (Wildman–Crippen LogP) is 2.85. The summed E-state index contributed by atoms with van der Waals surface area (Å²) in [6, 6.07) is 6.86. The number of fused-ring (bicyclic) bond motifs is 2. The molecule has 1 saturated carbocycles. The van der Waals surface area contributed by atoms with Gasteiger partial charge >= 0.3 is 0 Å². The second kappa shape index (κ2) is 5.24. The van der Waals surface area contributed by atoms with E-state index in [0.29, 0.717) is 16.8 Å². The number of carbonyl (C=O) groups excluding carboxylic acids is 1. The predicted molar refractivity (Wildman–Crippen MR) is 93.0 cm³/mol. The highest BCUT2D eigenvalue weighted by Crippen LogP contribution is 2.53. The van der Waals surface area contributed by atoms with Crippen LogP contribution < -0.4 is 9.88 Å². The molecule has 4 rings (SSSR count). The van der Waals surface area contributed by atoms with Crippen molar-refractivity contribution in [2.75, 3.05) is 5.32 Å². The highest BCUT2D eigenvalue weighted by Gasteiger charge is 2.52. The molecule has 2 aromatic rings. The highest BCUT2D eigenvalue weighted by molar-refractivity contribution is 6.10. The molecule has 0 radical (unpaired) electrons. The molecular weight excluding hydrogens is 318 g/mol. The van der Waals surface area contributed by atoms with Crippen LogP contribution in [0.1, 0.15) is 36.0 Å². The van der Waals surface area contributed by atoms with Crippen LogP contribution in [0, 0.1) is 10.1 Å². The van der Waals surface area contributed by atoms with Gasteiger partial charge in [-0.1, -0.05) is 13.0 Å². The molecule has 1 aromatic carbocycles. The lowest BCUT2D eigenvalue weighted by Gasteiger charge is -2.36. The van der Waals surface area contributed by atoms with Crippen molar-refractivity contribution in [1.29, 1.82) is 0 Å². The number of benzene rings is 1. The average Bonchev–Trinajstić information content (AvgIpc) is 2.85. The van der Waals surface area contributed by atoms with Crippen molar-refractivity contribution in [1.82, 2.24) is 0 Å². The van der Waals surface area contributed by atoms with Crippen LogP contribution in [0.5, 0.6) is 0 Å². The van der Waals surface area contributed by atoms with Crippen LogP contribution >= 0.6 is 0 Å². The van der Waals surface area contributed by atoms with E-state index in [1.807, 2.05) is 36.1 Å². The molecular formula is C19H18N3O3+. The van der Waals surface area contributed by atoms with Gasteiger partial charge in [0, 0.05) is 29.3 Å². The number of amides is 1. The van der Waals surface area contributed by atoms with Gasteiger partial charge in [-0.3, -0.25) is 14.9 Å². The van der Waals surface area contributed by atoms with E-state index >= 15 is 0 Å². The van der Waals surface area contributed by atoms with Crippen LogP contribution in [0.3, 0.4) is 0 Å². The fourth-order valence-corrected chi connectivity index (χ4v) is 3.79. The number of nitro groups is 1. The Balaban J connectivity index is 1.92. The number of hydrogen-bond donors (Lipinski definition) is 1. The van der Waals surface area contributed by atoms with Crippen molar-refractivity contribution >= 4 is 22.9 Å². The van der Waals surface area contributed by atoms with Gasteiger partial charge in [-0.15, -0.1) is 0 Å². The second-order valence-corrected chi connectivity index (χ2v) is 6.80. The minimum Gasteiger partial charge on any atom is -0.324 e. The molecule has 1 aliphatic carbocycles. The number of non-ortho nitro benzene ring substituents is 1. The first-order valence-electron chi connectivity index (χ1n) is 8.22. The Morgan fingerprint density at radius 1 is 1.40 bits per heavy atom. The normalized spacial score (nSPS) is 16.9. The summed E-state index contributed by atoms with van der Waals surface area (Å²) in [5, 5.41) is 14.4. The summed E-state index contributed by atoms with van der Waals surface area (Å²) in [5.41, 5.74) is 2.95.